The Morgan fingerprint density at radius 3 is 2.49 bits per heavy atom. The fourth-order valence-electron chi connectivity index (χ4n) is 9.92. The normalized spacial score (nSPS) is 19.8. The third-order valence-corrected chi connectivity index (χ3v) is 13.1. The van der Waals surface area contributed by atoms with Crippen LogP contribution in [0.5, 0.6) is 5.75 Å². The third-order valence-electron chi connectivity index (χ3n) is 13.1. The number of phenols is 1. The number of fused-ring (bicyclic) bond motifs is 1. The Bertz CT molecular complexity index is 2360. The standard InChI is InChI=1S/C47H57N9O3/c1-31-25-38(32(2)24-37(31)45-29-54(22-23-59-45)43-27-40(50-51-46(43)48)36-8-4-5-11-44(36)57)47(58)53-20-12-34(13-21-53)28-52-18-14-35(15-19-52)56-33(3)26-39-41(9-6-10-42(39)56)55-17-7-16-49-30-55/h4-11,17,24-27,34-35,45,49,57H,12-16,18-23,28-30H2,1-3H3,(H2,48,51)/t45-/m1/s1. The van der Waals surface area contributed by atoms with E-state index in [0.717, 1.165) is 99.6 Å². The maximum absolute atomic E-state index is 14.0. The molecule has 4 aliphatic heterocycles. The highest BCUT2D eigenvalue weighted by Crippen LogP contribution is 2.37. The molecule has 0 saturated carbocycles. The van der Waals surface area contributed by atoms with Crippen LogP contribution in [-0.2, 0) is 4.74 Å². The van der Waals surface area contributed by atoms with Crippen LogP contribution in [0.4, 0.5) is 17.2 Å². The van der Waals surface area contributed by atoms with Crippen LogP contribution in [0.1, 0.15) is 70.6 Å². The molecule has 9 rings (SSSR count). The zero-order valence-corrected chi connectivity index (χ0v) is 34.6. The molecule has 1 amide bonds. The van der Waals surface area contributed by atoms with E-state index in [2.05, 4.69) is 102 Å². The molecule has 6 heterocycles. The summed E-state index contributed by atoms with van der Waals surface area (Å²) in [5, 5.41) is 23.7. The Morgan fingerprint density at radius 2 is 1.71 bits per heavy atom. The van der Waals surface area contributed by atoms with Crippen molar-refractivity contribution < 1.29 is 14.6 Å². The number of aryl methyl sites for hydroxylation is 3. The van der Waals surface area contributed by atoms with E-state index < -0.39 is 0 Å². The van der Waals surface area contributed by atoms with Crippen molar-refractivity contribution in [1.29, 1.82) is 0 Å². The van der Waals surface area contributed by atoms with Gasteiger partial charge in [0.15, 0.2) is 5.82 Å². The summed E-state index contributed by atoms with van der Waals surface area (Å²) in [7, 11) is 0. The maximum Gasteiger partial charge on any atom is 0.254 e. The molecule has 3 aromatic carbocycles. The van der Waals surface area contributed by atoms with Crippen molar-refractivity contribution in [2.24, 2.45) is 5.92 Å². The molecule has 0 aliphatic carbocycles. The lowest BCUT2D eigenvalue weighted by atomic mass is 9.92. The van der Waals surface area contributed by atoms with Gasteiger partial charge < -0.3 is 39.7 Å². The van der Waals surface area contributed by atoms with Crippen molar-refractivity contribution in [1.82, 2.24) is 29.9 Å². The van der Waals surface area contributed by atoms with Crippen LogP contribution in [0.25, 0.3) is 22.2 Å². The largest absolute Gasteiger partial charge is 0.507 e. The van der Waals surface area contributed by atoms with Crippen LogP contribution in [0.3, 0.4) is 0 Å². The minimum absolute atomic E-state index is 0.125. The van der Waals surface area contributed by atoms with Crippen molar-refractivity contribution in [3.8, 4) is 17.0 Å². The molecule has 3 fully saturated rings. The first-order valence-corrected chi connectivity index (χ1v) is 21.4. The van der Waals surface area contributed by atoms with Gasteiger partial charge in [0.05, 0.1) is 35.9 Å². The molecule has 308 valence electrons. The number of anilines is 3. The molecular formula is C47H57N9O3. The number of aromatic hydroxyl groups is 1. The number of phenolic OH excluding ortho intramolecular Hbond substituents is 1. The minimum atomic E-state index is -0.201. The second-order valence-corrected chi connectivity index (χ2v) is 16.9. The van der Waals surface area contributed by atoms with Crippen molar-refractivity contribution >= 4 is 34.0 Å². The first-order chi connectivity index (χ1) is 28.7. The third kappa shape index (κ3) is 7.89. The van der Waals surface area contributed by atoms with Gasteiger partial charge in [-0.1, -0.05) is 30.3 Å². The number of nitrogens with zero attached hydrogens (tertiary/aromatic N) is 7. The first-order valence-electron chi connectivity index (χ1n) is 21.4. The average molecular weight is 796 g/mol. The molecule has 0 unspecified atom stereocenters. The smallest absolute Gasteiger partial charge is 0.254 e. The Kier molecular flexibility index (Phi) is 11.0. The summed E-state index contributed by atoms with van der Waals surface area (Å²) in [6.45, 7) is 14.8. The molecule has 12 nitrogen and oxygen atoms in total. The number of amides is 1. The number of para-hydroxylation sites is 1. The van der Waals surface area contributed by atoms with Gasteiger partial charge in [-0.3, -0.25) is 10.1 Å². The average Bonchev–Trinajstić information content (AvgIpc) is 3.61. The van der Waals surface area contributed by atoms with Crippen LogP contribution < -0.4 is 20.9 Å². The van der Waals surface area contributed by atoms with Gasteiger partial charge in [-0.25, -0.2) is 0 Å². The molecule has 1 atom stereocenters. The van der Waals surface area contributed by atoms with Crippen molar-refractivity contribution in [2.75, 3.05) is 81.2 Å². The topological polar surface area (TPSA) is 128 Å². The highest BCUT2D eigenvalue weighted by atomic mass is 16.5. The summed E-state index contributed by atoms with van der Waals surface area (Å²) >= 11 is 0. The van der Waals surface area contributed by atoms with E-state index in [9.17, 15) is 9.90 Å². The number of rotatable bonds is 8. The van der Waals surface area contributed by atoms with Crippen molar-refractivity contribution in [2.45, 2.75) is 58.6 Å². The van der Waals surface area contributed by atoms with Crippen LogP contribution in [-0.4, -0.2) is 101 Å². The summed E-state index contributed by atoms with van der Waals surface area (Å²) in [5.74, 6) is 1.21. The number of benzene rings is 3. The summed E-state index contributed by atoms with van der Waals surface area (Å²) in [6.07, 6.45) is 8.58. The van der Waals surface area contributed by atoms with E-state index >= 15 is 0 Å². The Balaban J connectivity index is 0.793. The van der Waals surface area contributed by atoms with E-state index in [4.69, 9.17) is 10.5 Å². The zero-order chi connectivity index (χ0) is 40.6. The van der Waals surface area contributed by atoms with Gasteiger partial charge in [0.25, 0.3) is 5.91 Å². The van der Waals surface area contributed by atoms with Crippen molar-refractivity contribution in [3.63, 3.8) is 0 Å². The molecule has 59 heavy (non-hydrogen) atoms. The van der Waals surface area contributed by atoms with Gasteiger partial charge >= 0.3 is 0 Å². The number of ether oxygens (including phenoxy) is 1. The number of likely N-dealkylation sites (tertiary alicyclic amines) is 2. The number of piperidine rings is 2. The highest BCUT2D eigenvalue weighted by Gasteiger charge is 2.31. The predicted molar refractivity (Wildman–Crippen MR) is 235 cm³/mol. The molecule has 4 aliphatic rings. The van der Waals surface area contributed by atoms with Crippen LogP contribution in [0, 0.1) is 26.7 Å². The summed E-state index contributed by atoms with van der Waals surface area (Å²) in [5.41, 5.74) is 16.1. The molecular weight excluding hydrogens is 739 g/mol. The lowest BCUT2D eigenvalue weighted by molar-refractivity contribution is 0.0393. The predicted octanol–water partition coefficient (Wildman–Crippen LogP) is 6.96. The lowest BCUT2D eigenvalue weighted by Crippen LogP contribution is -2.43. The van der Waals surface area contributed by atoms with Gasteiger partial charge in [-0.2, -0.15) is 0 Å². The van der Waals surface area contributed by atoms with E-state index in [1.165, 1.54) is 22.3 Å². The minimum Gasteiger partial charge on any atom is -0.507 e. The number of nitrogens with one attached hydrogen (secondary N) is 1. The molecule has 4 N–H and O–H groups in total. The second kappa shape index (κ2) is 16.7. The number of nitrogen functional groups attached to an aromatic ring is 1. The van der Waals surface area contributed by atoms with Gasteiger partial charge in [-0.05, 0) is 112 Å². The molecule has 0 bridgehead atoms. The molecule has 2 aromatic heterocycles. The maximum atomic E-state index is 14.0. The van der Waals surface area contributed by atoms with Crippen LogP contribution >= 0.6 is 0 Å². The summed E-state index contributed by atoms with van der Waals surface area (Å²) in [6, 6.07) is 22.8. The fourth-order valence-corrected chi connectivity index (χ4v) is 9.92. The van der Waals surface area contributed by atoms with E-state index in [1.807, 2.05) is 25.1 Å². The molecule has 12 heteroatoms. The Morgan fingerprint density at radius 1 is 0.898 bits per heavy atom. The van der Waals surface area contributed by atoms with Gasteiger partial charge in [-0.15, -0.1) is 10.2 Å². The first kappa shape index (κ1) is 39.1. The fraction of sp³-hybridized carbons (Fsp3) is 0.426. The molecule has 0 radical (unpaired) electrons. The molecule has 5 aromatic rings. The highest BCUT2D eigenvalue weighted by molar-refractivity contribution is 5.96. The number of aromatic nitrogens is 3. The second-order valence-electron chi connectivity index (χ2n) is 16.9. The van der Waals surface area contributed by atoms with E-state index in [1.54, 1.807) is 12.1 Å². The Labute approximate surface area is 347 Å². The van der Waals surface area contributed by atoms with Crippen LogP contribution in [0.15, 0.2) is 79.0 Å². The number of carbonyl (C=O) groups is 1. The molecule has 3 saturated heterocycles. The van der Waals surface area contributed by atoms with E-state index in [-0.39, 0.29) is 17.8 Å². The zero-order valence-electron chi connectivity index (χ0n) is 34.6. The number of carbonyl (C=O) groups excluding carboxylic acids is 1. The quantitative estimate of drug-likeness (QED) is 0.152. The van der Waals surface area contributed by atoms with Gasteiger partial charge in [0.1, 0.15) is 11.9 Å². The van der Waals surface area contributed by atoms with Crippen LogP contribution in [0.2, 0.25) is 0 Å². The van der Waals surface area contributed by atoms with Crippen molar-refractivity contribution in [3.05, 3.63) is 107 Å². The number of hydrogen-bond donors (Lipinski definition) is 3. The Hall–Kier alpha value is -5.43. The van der Waals surface area contributed by atoms with Gasteiger partial charge in [0.2, 0.25) is 0 Å². The molecule has 0 spiro atoms. The summed E-state index contributed by atoms with van der Waals surface area (Å²) in [4.78, 5) is 23.2. The van der Waals surface area contributed by atoms with Gasteiger partial charge in [0, 0.05) is 86.8 Å². The SMILES string of the molecule is Cc1cc([C@H]2CN(c3cc(-c4ccccc4O)nnc3N)CCO2)c(C)cc1C(=O)N1CCC(CN2CCC(n3c(C)cc4c(N5C=CCNC5)cccc43)CC2)CC1. The number of nitrogens with two attached hydrogens (primary N) is 1. The lowest BCUT2D eigenvalue weighted by Gasteiger charge is -2.38. The monoisotopic (exact) mass is 795 g/mol. The van der Waals surface area contributed by atoms with E-state index in [0.29, 0.717) is 48.7 Å². The summed E-state index contributed by atoms with van der Waals surface area (Å²) < 4.78 is 8.92. The number of hydrogen-bond acceptors (Lipinski definition) is 10. The number of morpholine rings is 1.